The zero-order valence-corrected chi connectivity index (χ0v) is 19.5. The first kappa shape index (κ1) is 25.3. The molecule has 0 saturated heterocycles. The molecule has 0 fully saturated rings. The summed E-state index contributed by atoms with van der Waals surface area (Å²) in [6, 6.07) is 16.9. The van der Waals surface area contributed by atoms with Gasteiger partial charge in [0.25, 0.3) is 0 Å². The number of hydrogen-bond acceptors (Lipinski definition) is 4. The van der Waals surface area contributed by atoms with Crippen LogP contribution in [0.25, 0.3) is 11.1 Å². The number of halogens is 5. The van der Waals surface area contributed by atoms with E-state index in [0.717, 1.165) is 22.3 Å². The largest absolute Gasteiger partial charge is 0.449 e. The van der Waals surface area contributed by atoms with Crippen molar-refractivity contribution in [2.75, 3.05) is 13.2 Å². The Labute approximate surface area is 209 Å². The summed E-state index contributed by atoms with van der Waals surface area (Å²) in [5, 5.41) is 22.1. The number of hydrogen-bond donors (Lipinski definition) is 3. The number of benzene rings is 3. The first-order valence-corrected chi connectivity index (χ1v) is 11.3. The van der Waals surface area contributed by atoms with E-state index < -0.39 is 46.6 Å². The van der Waals surface area contributed by atoms with Crippen molar-refractivity contribution in [3.8, 4) is 11.1 Å². The molecule has 1 aliphatic rings. The van der Waals surface area contributed by atoms with Crippen molar-refractivity contribution < 1.29 is 32.9 Å². The Morgan fingerprint density at radius 1 is 0.971 bits per heavy atom. The quantitative estimate of drug-likeness (QED) is 0.371. The molecule has 0 aromatic heterocycles. The highest BCUT2D eigenvalue weighted by molar-refractivity contribution is 6.36. The van der Waals surface area contributed by atoms with E-state index in [1.807, 2.05) is 48.5 Å². The summed E-state index contributed by atoms with van der Waals surface area (Å²) in [4.78, 5) is 12.3. The molecule has 3 aromatic rings. The Morgan fingerprint density at radius 3 is 2.00 bits per heavy atom. The van der Waals surface area contributed by atoms with Crippen LogP contribution in [0.4, 0.5) is 18.0 Å². The van der Waals surface area contributed by atoms with E-state index >= 15 is 0 Å². The lowest BCUT2D eigenvalue weighted by Crippen LogP contribution is -2.36. The third kappa shape index (κ3) is 5.26. The predicted molar refractivity (Wildman–Crippen MR) is 126 cm³/mol. The molecule has 184 valence electrons. The average molecular weight is 526 g/mol. The summed E-state index contributed by atoms with van der Waals surface area (Å²) in [5.41, 5.74) is 2.84. The smallest absolute Gasteiger partial charge is 0.416 e. The molecule has 2 atom stereocenters. The molecule has 3 aromatic carbocycles. The summed E-state index contributed by atoms with van der Waals surface area (Å²) in [7, 11) is 0. The maximum absolute atomic E-state index is 12.9. The Hall–Kier alpha value is -2.78. The van der Waals surface area contributed by atoms with E-state index in [1.54, 1.807) is 0 Å². The van der Waals surface area contributed by atoms with Gasteiger partial charge in [-0.2, -0.15) is 13.2 Å². The second-order valence-corrected chi connectivity index (χ2v) is 8.88. The standard InChI is InChI=1S/C25H20Cl2F3NO4/c26-19-9-13(25(28,29)30)10-20(27)22(19)23(33)21(32)11-31-24(34)35-12-18-16-7-3-1-5-14(16)15-6-2-4-8-17(15)18/h1-10,18,21,23,32-33H,11-12H2,(H,31,34). The van der Waals surface area contributed by atoms with Gasteiger partial charge < -0.3 is 20.3 Å². The van der Waals surface area contributed by atoms with Crippen LogP contribution < -0.4 is 5.32 Å². The third-order valence-electron chi connectivity index (χ3n) is 5.87. The number of amides is 1. The van der Waals surface area contributed by atoms with E-state index in [4.69, 9.17) is 27.9 Å². The number of aliphatic hydroxyl groups is 2. The lowest BCUT2D eigenvalue weighted by atomic mass is 9.98. The topological polar surface area (TPSA) is 78.8 Å². The highest BCUT2D eigenvalue weighted by atomic mass is 35.5. The van der Waals surface area contributed by atoms with E-state index in [0.29, 0.717) is 12.1 Å². The van der Waals surface area contributed by atoms with Gasteiger partial charge in [0.1, 0.15) is 18.8 Å². The molecular weight excluding hydrogens is 506 g/mol. The summed E-state index contributed by atoms with van der Waals surface area (Å²) in [6.45, 7) is -0.402. The van der Waals surface area contributed by atoms with E-state index in [9.17, 15) is 28.2 Å². The zero-order valence-electron chi connectivity index (χ0n) is 18.0. The number of fused-ring (bicyclic) bond motifs is 3. The van der Waals surface area contributed by atoms with Crippen molar-refractivity contribution in [1.29, 1.82) is 0 Å². The van der Waals surface area contributed by atoms with Crippen molar-refractivity contribution in [2.24, 2.45) is 0 Å². The van der Waals surface area contributed by atoms with Gasteiger partial charge in [0.2, 0.25) is 0 Å². The molecule has 0 radical (unpaired) electrons. The SMILES string of the molecule is O=C(NCC(O)C(O)c1c(Cl)cc(C(F)(F)F)cc1Cl)OCC1c2ccccc2-c2ccccc21. The maximum Gasteiger partial charge on any atom is 0.416 e. The van der Waals surface area contributed by atoms with Crippen molar-refractivity contribution in [1.82, 2.24) is 5.32 Å². The maximum atomic E-state index is 12.9. The molecule has 0 bridgehead atoms. The fraction of sp³-hybridized carbons (Fsp3) is 0.240. The average Bonchev–Trinajstić information content (AvgIpc) is 3.13. The number of alkyl carbamates (subject to hydrolysis) is 1. The number of aliphatic hydroxyl groups excluding tert-OH is 2. The number of alkyl halides is 3. The molecule has 5 nitrogen and oxygen atoms in total. The summed E-state index contributed by atoms with van der Waals surface area (Å²) >= 11 is 11.8. The second kappa shape index (κ2) is 10.1. The van der Waals surface area contributed by atoms with Gasteiger partial charge in [-0.25, -0.2) is 4.79 Å². The number of carbonyl (C=O) groups is 1. The van der Waals surface area contributed by atoms with Gasteiger partial charge in [-0.3, -0.25) is 0 Å². The normalized spacial score (nSPS) is 14.7. The molecule has 3 N–H and O–H groups in total. The Bertz CT molecular complexity index is 1180. The number of ether oxygens (including phenoxy) is 1. The van der Waals surface area contributed by atoms with Gasteiger partial charge in [-0.1, -0.05) is 71.7 Å². The van der Waals surface area contributed by atoms with Crippen molar-refractivity contribution in [3.63, 3.8) is 0 Å². The summed E-state index contributed by atoms with van der Waals surface area (Å²) in [6.07, 6.45) is -8.86. The van der Waals surface area contributed by atoms with E-state index in [1.165, 1.54) is 0 Å². The van der Waals surface area contributed by atoms with Crippen molar-refractivity contribution >= 4 is 29.3 Å². The molecule has 35 heavy (non-hydrogen) atoms. The second-order valence-electron chi connectivity index (χ2n) is 8.07. The van der Waals surface area contributed by atoms with Crippen LogP contribution in [0.2, 0.25) is 10.0 Å². The lowest BCUT2D eigenvalue weighted by Gasteiger charge is -2.22. The van der Waals surface area contributed by atoms with Crippen LogP contribution in [-0.2, 0) is 10.9 Å². The molecule has 4 rings (SSSR count). The summed E-state index contributed by atoms with van der Waals surface area (Å²) in [5.74, 6) is -0.159. The van der Waals surface area contributed by atoms with Gasteiger partial charge >= 0.3 is 12.3 Å². The van der Waals surface area contributed by atoms with Crippen LogP contribution in [0, 0.1) is 0 Å². The Kier molecular flexibility index (Phi) is 7.28. The van der Waals surface area contributed by atoms with Crippen LogP contribution in [-0.4, -0.2) is 35.6 Å². The number of carbonyl (C=O) groups excluding carboxylic acids is 1. The predicted octanol–water partition coefficient (Wildman–Crippen LogP) is 5.95. The fourth-order valence-corrected chi connectivity index (χ4v) is 4.88. The van der Waals surface area contributed by atoms with Crippen molar-refractivity contribution in [2.45, 2.75) is 24.3 Å². The molecule has 0 heterocycles. The molecule has 10 heteroatoms. The molecule has 1 aliphatic carbocycles. The fourth-order valence-electron chi connectivity index (χ4n) is 4.17. The van der Waals surface area contributed by atoms with Crippen LogP contribution in [0.5, 0.6) is 0 Å². The third-order valence-corrected chi connectivity index (χ3v) is 6.49. The summed E-state index contributed by atoms with van der Waals surface area (Å²) < 4.78 is 44.1. The van der Waals surface area contributed by atoms with E-state index in [-0.39, 0.29) is 18.1 Å². The molecule has 2 unspecified atom stereocenters. The van der Waals surface area contributed by atoms with Crippen LogP contribution in [0.1, 0.15) is 34.3 Å². The first-order chi connectivity index (χ1) is 16.6. The minimum atomic E-state index is -4.68. The molecule has 0 spiro atoms. The van der Waals surface area contributed by atoms with Gasteiger partial charge in [-0.05, 0) is 34.4 Å². The highest BCUT2D eigenvalue weighted by Gasteiger charge is 2.34. The Morgan fingerprint density at radius 2 is 1.49 bits per heavy atom. The van der Waals surface area contributed by atoms with Crippen LogP contribution >= 0.6 is 23.2 Å². The minimum absolute atomic E-state index is 0.0507. The monoisotopic (exact) mass is 525 g/mol. The molecule has 0 saturated carbocycles. The van der Waals surface area contributed by atoms with Crippen LogP contribution in [0.15, 0.2) is 60.7 Å². The van der Waals surface area contributed by atoms with Crippen LogP contribution in [0.3, 0.4) is 0 Å². The van der Waals surface area contributed by atoms with Gasteiger partial charge in [0.15, 0.2) is 0 Å². The molecule has 0 aliphatic heterocycles. The minimum Gasteiger partial charge on any atom is -0.449 e. The lowest BCUT2D eigenvalue weighted by molar-refractivity contribution is -0.137. The number of rotatable bonds is 6. The number of nitrogens with one attached hydrogen (secondary N) is 1. The van der Waals surface area contributed by atoms with Crippen molar-refractivity contribution in [3.05, 3.63) is 93.0 Å². The van der Waals surface area contributed by atoms with Gasteiger partial charge in [0, 0.05) is 28.1 Å². The zero-order chi connectivity index (χ0) is 25.3. The Balaban J connectivity index is 1.37. The molecule has 1 amide bonds. The van der Waals surface area contributed by atoms with E-state index in [2.05, 4.69) is 5.32 Å². The highest BCUT2D eigenvalue weighted by Crippen LogP contribution is 2.44. The van der Waals surface area contributed by atoms with Gasteiger partial charge in [-0.15, -0.1) is 0 Å². The first-order valence-electron chi connectivity index (χ1n) is 10.6. The molecular formula is C25H20Cl2F3NO4. The van der Waals surface area contributed by atoms with Gasteiger partial charge in [0.05, 0.1) is 5.56 Å².